The highest BCUT2D eigenvalue weighted by molar-refractivity contribution is 5.76. The Morgan fingerprint density at radius 2 is 2.00 bits per heavy atom. The maximum atomic E-state index is 11.3. The molecule has 0 radical (unpaired) electrons. The molecule has 0 spiro atoms. The van der Waals surface area contributed by atoms with Gasteiger partial charge in [-0.05, 0) is 42.6 Å². The number of hydrogen-bond acceptors (Lipinski definition) is 3. The molecule has 0 bridgehead atoms. The van der Waals surface area contributed by atoms with Crippen LogP contribution in [0.15, 0.2) is 18.2 Å². The lowest BCUT2D eigenvalue weighted by Gasteiger charge is -2.25. The Morgan fingerprint density at radius 3 is 2.42 bits per heavy atom. The molecule has 1 rings (SSSR count). The second-order valence-electron chi connectivity index (χ2n) is 5.96. The average molecular weight is 263 g/mol. The molecule has 106 valence electrons. The molecule has 0 aliphatic carbocycles. The van der Waals surface area contributed by atoms with E-state index in [2.05, 4.69) is 32.2 Å². The van der Waals surface area contributed by atoms with Crippen LogP contribution in [0.1, 0.15) is 51.3 Å². The van der Waals surface area contributed by atoms with Gasteiger partial charge in [0.05, 0.1) is 7.11 Å². The van der Waals surface area contributed by atoms with Crippen molar-refractivity contribution in [1.29, 1.82) is 0 Å². The number of ketones is 1. The maximum Gasteiger partial charge on any atom is 0.131 e. The summed E-state index contributed by atoms with van der Waals surface area (Å²) >= 11 is 0. The van der Waals surface area contributed by atoms with E-state index in [9.17, 15) is 4.79 Å². The van der Waals surface area contributed by atoms with Crippen LogP contribution < -0.4 is 10.1 Å². The summed E-state index contributed by atoms with van der Waals surface area (Å²) < 4.78 is 5.43. The van der Waals surface area contributed by atoms with Crippen molar-refractivity contribution in [2.45, 2.75) is 45.6 Å². The number of carbonyl (C=O) groups is 1. The van der Waals surface area contributed by atoms with Gasteiger partial charge in [-0.15, -0.1) is 0 Å². The second-order valence-corrected chi connectivity index (χ2v) is 5.96. The molecule has 3 nitrogen and oxygen atoms in total. The van der Waals surface area contributed by atoms with Gasteiger partial charge in [-0.2, -0.15) is 0 Å². The van der Waals surface area contributed by atoms with E-state index >= 15 is 0 Å². The molecule has 1 aromatic rings. The van der Waals surface area contributed by atoms with Crippen molar-refractivity contribution < 1.29 is 9.53 Å². The fraction of sp³-hybridized carbons (Fsp3) is 0.562. The van der Waals surface area contributed by atoms with Gasteiger partial charge in [0, 0.05) is 12.5 Å². The van der Waals surface area contributed by atoms with Crippen molar-refractivity contribution in [1.82, 2.24) is 5.32 Å². The number of hydrogen-bond donors (Lipinski definition) is 1. The van der Waals surface area contributed by atoms with E-state index in [1.807, 2.05) is 19.2 Å². The van der Waals surface area contributed by atoms with E-state index < -0.39 is 0 Å². The minimum absolute atomic E-state index is 0.00979. The molecule has 0 saturated carbocycles. The normalized spacial score (nSPS) is 13.2. The highest BCUT2D eigenvalue weighted by Crippen LogP contribution is 2.33. The Labute approximate surface area is 116 Å². The maximum absolute atomic E-state index is 11.3. The zero-order valence-electron chi connectivity index (χ0n) is 12.8. The molecule has 0 fully saturated rings. The van der Waals surface area contributed by atoms with E-state index in [-0.39, 0.29) is 17.2 Å². The number of carbonyl (C=O) groups excluding carboxylic acids is 1. The highest BCUT2D eigenvalue weighted by Gasteiger charge is 2.21. The van der Waals surface area contributed by atoms with Crippen molar-refractivity contribution >= 4 is 5.78 Å². The Morgan fingerprint density at radius 1 is 1.37 bits per heavy atom. The van der Waals surface area contributed by atoms with E-state index in [4.69, 9.17) is 4.74 Å². The van der Waals surface area contributed by atoms with Crippen LogP contribution in [-0.2, 0) is 10.2 Å². The van der Waals surface area contributed by atoms with Crippen LogP contribution in [0.4, 0.5) is 0 Å². The monoisotopic (exact) mass is 263 g/mol. The molecule has 1 atom stereocenters. The van der Waals surface area contributed by atoms with Crippen LogP contribution in [-0.4, -0.2) is 19.9 Å². The molecule has 0 aliphatic rings. The third kappa shape index (κ3) is 4.06. The zero-order chi connectivity index (χ0) is 14.6. The van der Waals surface area contributed by atoms with Crippen LogP contribution >= 0.6 is 0 Å². The molecule has 0 saturated heterocycles. The molecule has 1 unspecified atom stereocenters. The summed E-state index contributed by atoms with van der Waals surface area (Å²) in [5, 5.41) is 3.20. The van der Waals surface area contributed by atoms with Gasteiger partial charge in [-0.3, -0.25) is 4.79 Å². The fourth-order valence-corrected chi connectivity index (χ4v) is 2.20. The minimum atomic E-state index is 0.00979. The quantitative estimate of drug-likeness (QED) is 0.886. The van der Waals surface area contributed by atoms with Crippen molar-refractivity contribution in [3.63, 3.8) is 0 Å². The van der Waals surface area contributed by atoms with Gasteiger partial charge in [0.2, 0.25) is 0 Å². The first-order valence-corrected chi connectivity index (χ1v) is 6.64. The predicted octanol–water partition coefficient (Wildman–Crippen LogP) is 3.23. The largest absolute Gasteiger partial charge is 0.496 e. The van der Waals surface area contributed by atoms with E-state index in [1.54, 1.807) is 14.0 Å². The molecule has 1 N–H and O–H groups in total. The van der Waals surface area contributed by atoms with Crippen molar-refractivity contribution in [3.8, 4) is 5.75 Å². The van der Waals surface area contributed by atoms with Gasteiger partial charge in [0.15, 0.2) is 0 Å². The molecule has 1 aromatic carbocycles. The molecule has 0 aromatic heterocycles. The fourth-order valence-electron chi connectivity index (χ4n) is 2.20. The lowest BCUT2D eigenvalue weighted by molar-refractivity contribution is -0.117. The number of benzene rings is 1. The Balaban J connectivity index is 3.20. The standard InChI is InChI=1S/C16H25NO2/c1-11(18)9-14(17-5)12-7-8-15(19-6)13(10-12)16(2,3)4/h7-8,10,14,17H,9H2,1-6H3. The SMILES string of the molecule is CNC(CC(C)=O)c1ccc(OC)c(C(C)(C)C)c1. The van der Waals surface area contributed by atoms with Crippen LogP contribution in [0.25, 0.3) is 0 Å². The molecular formula is C16H25NO2. The summed E-state index contributed by atoms with van der Waals surface area (Å²) in [5.74, 6) is 1.08. The molecular weight excluding hydrogens is 238 g/mol. The predicted molar refractivity (Wildman–Crippen MR) is 78.8 cm³/mol. The number of Topliss-reactive ketones (excluding diaryl/α,β-unsaturated/α-hetero) is 1. The third-order valence-electron chi connectivity index (χ3n) is 3.27. The number of methoxy groups -OCH3 is 1. The number of rotatable bonds is 5. The van der Waals surface area contributed by atoms with Crippen LogP contribution in [0, 0.1) is 0 Å². The lowest BCUT2D eigenvalue weighted by atomic mass is 9.84. The van der Waals surface area contributed by atoms with E-state index in [1.165, 1.54) is 0 Å². The third-order valence-corrected chi connectivity index (χ3v) is 3.27. The Kier molecular flexibility index (Phi) is 5.12. The van der Waals surface area contributed by atoms with Gasteiger partial charge in [-0.1, -0.05) is 26.8 Å². The van der Waals surface area contributed by atoms with Crippen molar-refractivity contribution in [3.05, 3.63) is 29.3 Å². The number of ether oxygens (including phenoxy) is 1. The Bertz CT molecular complexity index is 447. The molecule has 19 heavy (non-hydrogen) atoms. The summed E-state index contributed by atoms with van der Waals surface area (Å²) in [4.78, 5) is 11.3. The van der Waals surface area contributed by atoms with Gasteiger partial charge in [0.25, 0.3) is 0 Å². The topological polar surface area (TPSA) is 38.3 Å². The lowest BCUT2D eigenvalue weighted by Crippen LogP contribution is -2.20. The summed E-state index contributed by atoms with van der Waals surface area (Å²) in [6.45, 7) is 8.11. The second kappa shape index (κ2) is 6.20. The minimum Gasteiger partial charge on any atom is -0.496 e. The van der Waals surface area contributed by atoms with Gasteiger partial charge < -0.3 is 10.1 Å². The van der Waals surface area contributed by atoms with E-state index in [0.29, 0.717) is 6.42 Å². The molecule has 3 heteroatoms. The van der Waals surface area contributed by atoms with Crippen molar-refractivity contribution in [2.24, 2.45) is 0 Å². The molecule has 0 amide bonds. The van der Waals surface area contributed by atoms with Gasteiger partial charge in [0.1, 0.15) is 11.5 Å². The smallest absolute Gasteiger partial charge is 0.131 e. The number of nitrogens with one attached hydrogen (secondary N) is 1. The first-order chi connectivity index (χ1) is 8.79. The first-order valence-electron chi connectivity index (χ1n) is 6.64. The molecule has 0 aliphatic heterocycles. The van der Waals surface area contributed by atoms with Crippen LogP contribution in [0.2, 0.25) is 0 Å². The van der Waals surface area contributed by atoms with Gasteiger partial charge >= 0.3 is 0 Å². The summed E-state index contributed by atoms with van der Waals surface area (Å²) in [5.41, 5.74) is 2.30. The van der Waals surface area contributed by atoms with Crippen molar-refractivity contribution in [2.75, 3.05) is 14.2 Å². The van der Waals surface area contributed by atoms with Crippen LogP contribution in [0.5, 0.6) is 5.75 Å². The zero-order valence-corrected chi connectivity index (χ0v) is 12.8. The Hall–Kier alpha value is -1.35. The highest BCUT2D eigenvalue weighted by atomic mass is 16.5. The first kappa shape index (κ1) is 15.7. The molecule has 0 heterocycles. The van der Waals surface area contributed by atoms with Crippen LogP contribution in [0.3, 0.4) is 0 Å². The summed E-state index contributed by atoms with van der Waals surface area (Å²) in [6.07, 6.45) is 0.506. The summed E-state index contributed by atoms with van der Waals surface area (Å²) in [6, 6.07) is 6.21. The van der Waals surface area contributed by atoms with Gasteiger partial charge in [-0.25, -0.2) is 0 Å². The average Bonchev–Trinajstić information content (AvgIpc) is 2.34. The summed E-state index contributed by atoms with van der Waals surface area (Å²) in [7, 11) is 3.57. The van der Waals surface area contributed by atoms with E-state index in [0.717, 1.165) is 16.9 Å².